The SMILES string of the molecule is C=CC(=O)N(C)c1cccc(-c2cnc3c(c2)c(-c2ccnc(OC)c2)cn3COP(=O)(OCC)OCC)c1. The van der Waals surface area contributed by atoms with Gasteiger partial charge in [0, 0.05) is 53.9 Å². The number of rotatable bonds is 12. The van der Waals surface area contributed by atoms with Crippen LogP contribution in [-0.2, 0) is 29.7 Å². The first kappa shape index (κ1) is 28.2. The summed E-state index contributed by atoms with van der Waals surface area (Å²) in [6, 6.07) is 13.3. The Labute approximate surface area is 227 Å². The number of carbonyl (C=O) groups excluding carboxylic acids is 1. The Bertz CT molecular complexity index is 1530. The smallest absolute Gasteiger partial charge is 0.476 e. The van der Waals surface area contributed by atoms with E-state index in [0.717, 1.165) is 33.3 Å². The van der Waals surface area contributed by atoms with Crippen molar-refractivity contribution >= 4 is 30.5 Å². The quantitative estimate of drug-likeness (QED) is 0.154. The van der Waals surface area contributed by atoms with Crippen molar-refractivity contribution in [1.82, 2.24) is 14.5 Å². The molecule has 0 unspecified atom stereocenters. The molecule has 0 bridgehead atoms. The number of hydrogen-bond donors (Lipinski definition) is 0. The number of hydrogen-bond acceptors (Lipinski definition) is 8. The van der Waals surface area contributed by atoms with E-state index in [1.165, 1.54) is 11.0 Å². The van der Waals surface area contributed by atoms with Crippen molar-refractivity contribution < 1.29 is 27.7 Å². The van der Waals surface area contributed by atoms with Crippen LogP contribution in [0.15, 0.2) is 73.7 Å². The lowest BCUT2D eigenvalue weighted by atomic mass is 10.0. The molecule has 39 heavy (non-hydrogen) atoms. The molecule has 0 saturated carbocycles. The topological polar surface area (TPSA) is 105 Å². The van der Waals surface area contributed by atoms with E-state index in [-0.39, 0.29) is 25.9 Å². The maximum absolute atomic E-state index is 12.9. The number of ether oxygens (including phenoxy) is 1. The van der Waals surface area contributed by atoms with Crippen molar-refractivity contribution in [3.8, 4) is 28.1 Å². The van der Waals surface area contributed by atoms with Crippen LogP contribution in [0.2, 0.25) is 0 Å². The molecule has 3 heterocycles. The van der Waals surface area contributed by atoms with Crippen LogP contribution in [0.5, 0.6) is 5.88 Å². The number of pyridine rings is 2. The Balaban J connectivity index is 1.80. The van der Waals surface area contributed by atoms with Gasteiger partial charge in [0.15, 0.2) is 0 Å². The molecule has 0 aliphatic carbocycles. The molecule has 1 amide bonds. The van der Waals surface area contributed by atoms with Gasteiger partial charge in [-0.3, -0.25) is 18.4 Å². The molecule has 0 aliphatic rings. The number of aromatic nitrogens is 3. The van der Waals surface area contributed by atoms with Crippen molar-refractivity contribution in [2.24, 2.45) is 0 Å². The van der Waals surface area contributed by atoms with Crippen LogP contribution < -0.4 is 9.64 Å². The minimum Gasteiger partial charge on any atom is -0.481 e. The zero-order valence-electron chi connectivity index (χ0n) is 22.4. The average Bonchev–Trinajstić information content (AvgIpc) is 3.33. The van der Waals surface area contributed by atoms with E-state index < -0.39 is 7.82 Å². The van der Waals surface area contributed by atoms with Gasteiger partial charge in [-0.1, -0.05) is 18.7 Å². The fourth-order valence-corrected chi connectivity index (χ4v) is 5.19. The van der Waals surface area contributed by atoms with Gasteiger partial charge in [0.05, 0.1) is 20.3 Å². The minimum absolute atomic E-state index is 0.105. The molecule has 0 atom stereocenters. The second-order valence-electron chi connectivity index (χ2n) is 8.39. The molecule has 0 fully saturated rings. The first-order valence-electron chi connectivity index (χ1n) is 12.4. The minimum atomic E-state index is -3.74. The summed E-state index contributed by atoms with van der Waals surface area (Å²) >= 11 is 0. The molecule has 3 aromatic heterocycles. The van der Waals surface area contributed by atoms with Gasteiger partial charge < -0.3 is 14.2 Å². The van der Waals surface area contributed by atoms with Crippen LogP contribution in [0, 0.1) is 0 Å². The predicted octanol–water partition coefficient (Wildman–Crippen LogP) is 6.08. The zero-order chi connectivity index (χ0) is 28.0. The molecular weight excluding hydrogens is 519 g/mol. The molecule has 0 aliphatic heterocycles. The molecular formula is C28H31N4O6P. The lowest BCUT2D eigenvalue weighted by Gasteiger charge is -2.17. The Hall–Kier alpha value is -3.82. The largest absolute Gasteiger partial charge is 0.481 e. The third kappa shape index (κ3) is 6.26. The highest BCUT2D eigenvalue weighted by Crippen LogP contribution is 2.49. The summed E-state index contributed by atoms with van der Waals surface area (Å²) in [5.74, 6) is 0.261. The van der Waals surface area contributed by atoms with E-state index in [9.17, 15) is 9.36 Å². The lowest BCUT2D eigenvalue weighted by Crippen LogP contribution is -2.23. The fourth-order valence-electron chi connectivity index (χ4n) is 4.07. The van der Waals surface area contributed by atoms with E-state index in [0.29, 0.717) is 11.5 Å². The van der Waals surface area contributed by atoms with Crippen LogP contribution in [0.25, 0.3) is 33.3 Å². The van der Waals surface area contributed by atoms with Crippen molar-refractivity contribution in [2.75, 3.05) is 32.3 Å². The van der Waals surface area contributed by atoms with Crippen LogP contribution in [0.3, 0.4) is 0 Å². The second kappa shape index (κ2) is 12.4. The summed E-state index contributed by atoms with van der Waals surface area (Å²) in [6.45, 7) is 7.26. The molecule has 4 aromatic rings. The summed E-state index contributed by atoms with van der Waals surface area (Å²) in [5, 5.41) is 0.827. The standard InChI is InChI=1S/C28H31N4O6P/c1-6-27(33)31(4)23-11-9-10-20(14-23)22-15-24-25(21-12-13-29-26(16-21)35-5)18-32(28(24)30-17-22)19-38-39(34,36-7-2)37-8-3/h6,9-18H,1,7-8,19H2,2-5H3. The number of phosphoric acid groups is 1. The summed E-state index contributed by atoms with van der Waals surface area (Å²) in [4.78, 5) is 22.6. The molecule has 11 heteroatoms. The van der Waals surface area contributed by atoms with E-state index in [1.807, 2.05) is 48.7 Å². The molecule has 204 valence electrons. The van der Waals surface area contributed by atoms with E-state index in [2.05, 4.69) is 11.6 Å². The van der Waals surface area contributed by atoms with Gasteiger partial charge in [-0.05, 0) is 55.3 Å². The van der Waals surface area contributed by atoms with Crippen LogP contribution >= 0.6 is 7.82 Å². The number of phosphoric ester groups is 1. The molecule has 10 nitrogen and oxygen atoms in total. The van der Waals surface area contributed by atoms with E-state index in [1.54, 1.807) is 45.0 Å². The summed E-state index contributed by atoms with van der Waals surface area (Å²) in [5.41, 5.74) is 4.77. The number of amides is 1. The summed E-state index contributed by atoms with van der Waals surface area (Å²) in [6.07, 6.45) is 6.55. The Morgan fingerprint density at radius 1 is 1.05 bits per heavy atom. The number of anilines is 1. The monoisotopic (exact) mass is 550 g/mol. The molecule has 0 spiro atoms. The highest BCUT2D eigenvalue weighted by molar-refractivity contribution is 7.48. The van der Waals surface area contributed by atoms with E-state index in [4.69, 9.17) is 23.3 Å². The summed E-state index contributed by atoms with van der Waals surface area (Å²) in [7, 11) is -0.484. The second-order valence-corrected chi connectivity index (χ2v) is 10.1. The molecule has 0 radical (unpaired) electrons. The van der Waals surface area contributed by atoms with Gasteiger partial charge in [-0.2, -0.15) is 0 Å². The van der Waals surface area contributed by atoms with Crippen LogP contribution in [0.4, 0.5) is 5.69 Å². The van der Waals surface area contributed by atoms with E-state index >= 15 is 0 Å². The van der Waals surface area contributed by atoms with Crippen molar-refractivity contribution in [3.05, 3.63) is 73.7 Å². The molecule has 1 aromatic carbocycles. The highest BCUT2D eigenvalue weighted by atomic mass is 31.2. The van der Waals surface area contributed by atoms with Crippen molar-refractivity contribution in [3.63, 3.8) is 0 Å². The van der Waals surface area contributed by atoms with Gasteiger partial charge >= 0.3 is 7.82 Å². The van der Waals surface area contributed by atoms with Gasteiger partial charge in [0.1, 0.15) is 12.4 Å². The first-order chi connectivity index (χ1) is 18.8. The predicted molar refractivity (Wildman–Crippen MR) is 151 cm³/mol. The Morgan fingerprint density at radius 3 is 2.51 bits per heavy atom. The van der Waals surface area contributed by atoms with Gasteiger partial charge in [0.2, 0.25) is 11.8 Å². The number of nitrogens with zero attached hydrogens (tertiary/aromatic N) is 4. The van der Waals surface area contributed by atoms with Crippen LogP contribution in [-0.4, -0.2) is 47.8 Å². The zero-order valence-corrected chi connectivity index (χ0v) is 23.3. The number of methoxy groups -OCH3 is 1. The fraction of sp³-hybridized carbons (Fsp3) is 0.250. The van der Waals surface area contributed by atoms with Crippen molar-refractivity contribution in [2.45, 2.75) is 20.6 Å². The molecule has 4 rings (SSSR count). The Kier molecular flexibility index (Phi) is 8.93. The number of benzene rings is 1. The lowest BCUT2D eigenvalue weighted by molar-refractivity contribution is -0.113. The third-order valence-electron chi connectivity index (χ3n) is 5.97. The maximum atomic E-state index is 12.9. The van der Waals surface area contributed by atoms with Gasteiger partial charge in [0.25, 0.3) is 0 Å². The normalized spacial score (nSPS) is 11.5. The number of likely N-dealkylation sites (N-methyl/N-ethyl adjacent to an activating group) is 1. The molecule has 0 N–H and O–H groups in total. The number of fused-ring (bicyclic) bond motifs is 1. The number of carbonyl (C=O) groups is 1. The van der Waals surface area contributed by atoms with Crippen molar-refractivity contribution in [1.29, 1.82) is 0 Å². The van der Waals surface area contributed by atoms with Gasteiger partial charge in [-0.15, -0.1) is 0 Å². The van der Waals surface area contributed by atoms with Crippen LogP contribution in [0.1, 0.15) is 13.8 Å². The van der Waals surface area contributed by atoms with Gasteiger partial charge in [-0.25, -0.2) is 14.5 Å². The highest BCUT2D eigenvalue weighted by Gasteiger charge is 2.26. The third-order valence-corrected chi connectivity index (χ3v) is 7.55. The average molecular weight is 551 g/mol. The Morgan fingerprint density at radius 2 is 1.82 bits per heavy atom. The first-order valence-corrected chi connectivity index (χ1v) is 13.8. The maximum Gasteiger partial charge on any atom is 0.476 e. The summed E-state index contributed by atoms with van der Waals surface area (Å²) < 4.78 is 36.2. The molecule has 0 saturated heterocycles.